The van der Waals surface area contributed by atoms with Gasteiger partial charge in [-0.3, -0.25) is 9.59 Å². The van der Waals surface area contributed by atoms with Crippen molar-refractivity contribution in [3.8, 4) is 0 Å². The number of thioether (sulfide) groups is 1. The lowest BCUT2D eigenvalue weighted by Gasteiger charge is -2.35. The fourth-order valence-electron chi connectivity index (χ4n) is 4.46. The average Bonchev–Trinajstić information content (AvgIpc) is 2.92. The van der Waals surface area contributed by atoms with Gasteiger partial charge in [0.15, 0.2) is 0 Å². The van der Waals surface area contributed by atoms with Crippen molar-refractivity contribution in [3.05, 3.63) is 71.8 Å². The van der Waals surface area contributed by atoms with Crippen LogP contribution in [-0.4, -0.2) is 53.0 Å². The molecule has 2 aromatic rings. The minimum atomic E-state index is -0.916. The molecule has 2 rings (SSSR count). The third-order valence-corrected chi connectivity index (χ3v) is 7.20. The molecule has 7 nitrogen and oxygen atoms in total. The highest BCUT2D eigenvalue weighted by Crippen LogP contribution is 2.27. The SMILES string of the molecule is C=Cc1cccc(C(C(=O)Nc2ccccc2C)N(CCCCCC)C(=O)C(CCSC)NC(=O)OC(C)(C)C)c1. The Bertz CT molecular complexity index is 1160. The highest BCUT2D eigenvalue weighted by molar-refractivity contribution is 7.98. The summed E-state index contributed by atoms with van der Waals surface area (Å²) >= 11 is 1.59. The smallest absolute Gasteiger partial charge is 0.408 e. The predicted octanol–water partition coefficient (Wildman–Crippen LogP) is 7.37. The maximum absolute atomic E-state index is 14.4. The molecule has 0 aliphatic rings. The van der Waals surface area contributed by atoms with E-state index >= 15 is 0 Å². The van der Waals surface area contributed by atoms with Gasteiger partial charge in [-0.15, -0.1) is 0 Å². The summed E-state index contributed by atoms with van der Waals surface area (Å²) in [5.41, 5.74) is 2.42. The van der Waals surface area contributed by atoms with Gasteiger partial charge in [-0.25, -0.2) is 4.79 Å². The number of carbonyl (C=O) groups excluding carboxylic acids is 3. The van der Waals surface area contributed by atoms with E-state index in [1.807, 2.05) is 61.7 Å². The Hall–Kier alpha value is -3.26. The van der Waals surface area contributed by atoms with E-state index in [4.69, 9.17) is 4.74 Å². The van der Waals surface area contributed by atoms with Crippen molar-refractivity contribution in [1.29, 1.82) is 0 Å². The summed E-state index contributed by atoms with van der Waals surface area (Å²) in [7, 11) is 0. The number of aryl methyl sites for hydroxylation is 1. The second kappa shape index (κ2) is 16.9. The first kappa shape index (κ1) is 33.9. The summed E-state index contributed by atoms with van der Waals surface area (Å²) < 4.78 is 5.49. The van der Waals surface area contributed by atoms with Gasteiger partial charge in [-0.1, -0.05) is 75.2 Å². The minimum Gasteiger partial charge on any atom is -0.444 e. The van der Waals surface area contributed by atoms with Crippen LogP contribution in [0, 0.1) is 6.92 Å². The molecular formula is C33H47N3O4S. The van der Waals surface area contributed by atoms with Crippen LogP contribution in [0.5, 0.6) is 0 Å². The lowest BCUT2D eigenvalue weighted by molar-refractivity contribution is -0.141. The summed E-state index contributed by atoms with van der Waals surface area (Å²) in [5, 5.41) is 5.87. The fraction of sp³-hybridized carbons (Fsp3) is 0.485. The molecule has 0 bridgehead atoms. The van der Waals surface area contributed by atoms with Gasteiger partial charge in [0.05, 0.1) is 0 Å². The van der Waals surface area contributed by atoms with E-state index in [1.165, 1.54) is 0 Å². The number of benzene rings is 2. The van der Waals surface area contributed by atoms with Crippen LogP contribution in [0.1, 0.15) is 82.5 Å². The molecule has 0 saturated heterocycles. The monoisotopic (exact) mass is 581 g/mol. The summed E-state index contributed by atoms with van der Waals surface area (Å²) in [6.07, 6.45) is 7.16. The van der Waals surface area contributed by atoms with Crippen LogP contribution in [0.25, 0.3) is 6.08 Å². The lowest BCUT2D eigenvalue weighted by atomic mass is 9.99. The standard InChI is InChI=1S/C33H47N3O4S/c1-8-10-11-14-21-36(31(38)28(20-22-41-7)35-32(39)40-33(4,5)6)29(26-18-15-17-25(9-2)23-26)30(37)34-27-19-13-12-16-24(27)3/h9,12-13,15-19,23,28-29H,2,8,10-11,14,20-22H2,1,3-7H3,(H,34,37)(H,35,39). The number of rotatable bonds is 15. The Balaban J connectivity index is 2.57. The van der Waals surface area contributed by atoms with Crippen LogP contribution in [0.2, 0.25) is 0 Å². The fourth-order valence-corrected chi connectivity index (χ4v) is 4.93. The van der Waals surface area contributed by atoms with Gasteiger partial charge in [0.2, 0.25) is 5.91 Å². The molecule has 2 atom stereocenters. The molecule has 0 spiro atoms. The molecule has 0 saturated carbocycles. The van der Waals surface area contributed by atoms with Crippen molar-refractivity contribution in [3.63, 3.8) is 0 Å². The Labute approximate surface area is 250 Å². The molecule has 2 unspecified atom stereocenters. The molecule has 0 aromatic heterocycles. The minimum absolute atomic E-state index is 0.310. The van der Waals surface area contributed by atoms with Gasteiger partial charge in [0, 0.05) is 12.2 Å². The highest BCUT2D eigenvalue weighted by Gasteiger charge is 2.36. The van der Waals surface area contributed by atoms with Gasteiger partial charge < -0.3 is 20.3 Å². The molecule has 41 heavy (non-hydrogen) atoms. The number of para-hydroxylation sites is 1. The zero-order valence-corrected chi connectivity index (χ0v) is 26.3. The molecule has 8 heteroatoms. The number of nitrogens with one attached hydrogen (secondary N) is 2. The number of alkyl carbamates (subject to hydrolysis) is 1. The number of ether oxygens (including phenoxy) is 1. The maximum Gasteiger partial charge on any atom is 0.408 e. The van der Waals surface area contributed by atoms with Crippen LogP contribution in [-0.2, 0) is 14.3 Å². The Morgan fingerprint density at radius 3 is 2.44 bits per heavy atom. The zero-order chi connectivity index (χ0) is 30.4. The van der Waals surface area contributed by atoms with Crippen molar-refractivity contribution in [1.82, 2.24) is 10.2 Å². The second-order valence-electron chi connectivity index (χ2n) is 11.2. The summed E-state index contributed by atoms with van der Waals surface area (Å²) in [6.45, 7) is 13.7. The number of hydrogen-bond acceptors (Lipinski definition) is 5. The molecule has 0 aliphatic heterocycles. The van der Waals surface area contributed by atoms with Crippen molar-refractivity contribution in [2.75, 3.05) is 23.9 Å². The molecule has 0 radical (unpaired) electrons. The van der Waals surface area contributed by atoms with Gasteiger partial charge in [-0.05, 0) is 81.4 Å². The Morgan fingerprint density at radius 1 is 1.07 bits per heavy atom. The van der Waals surface area contributed by atoms with Crippen molar-refractivity contribution >= 4 is 41.4 Å². The van der Waals surface area contributed by atoms with Crippen molar-refractivity contribution in [2.45, 2.75) is 84.4 Å². The van der Waals surface area contributed by atoms with Crippen molar-refractivity contribution in [2.24, 2.45) is 0 Å². The molecule has 2 aromatic carbocycles. The predicted molar refractivity (Wildman–Crippen MR) is 171 cm³/mol. The maximum atomic E-state index is 14.4. The highest BCUT2D eigenvalue weighted by atomic mass is 32.2. The van der Waals surface area contributed by atoms with Gasteiger partial charge in [-0.2, -0.15) is 11.8 Å². The van der Waals surface area contributed by atoms with E-state index in [0.29, 0.717) is 30.0 Å². The largest absolute Gasteiger partial charge is 0.444 e. The number of unbranched alkanes of at least 4 members (excludes halogenated alkanes) is 3. The van der Waals surface area contributed by atoms with Crippen molar-refractivity contribution < 1.29 is 19.1 Å². The quantitative estimate of drug-likeness (QED) is 0.214. The molecule has 3 amide bonds. The first-order valence-corrected chi connectivity index (χ1v) is 15.8. The lowest BCUT2D eigenvalue weighted by Crippen LogP contribution is -2.52. The van der Waals surface area contributed by atoms with Gasteiger partial charge in [0.1, 0.15) is 17.7 Å². The zero-order valence-electron chi connectivity index (χ0n) is 25.5. The van der Waals surface area contributed by atoms with E-state index in [-0.39, 0.29) is 11.8 Å². The van der Waals surface area contributed by atoms with Crippen LogP contribution in [0.3, 0.4) is 0 Å². The number of nitrogens with zero attached hydrogens (tertiary/aromatic N) is 1. The molecule has 2 N–H and O–H groups in total. The van der Waals surface area contributed by atoms with E-state index in [0.717, 1.165) is 36.8 Å². The second-order valence-corrected chi connectivity index (χ2v) is 12.1. The van der Waals surface area contributed by atoms with E-state index < -0.39 is 23.8 Å². The molecule has 0 aliphatic carbocycles. The first-order chi connectivity index (χ1) is 19.5. The number of amides is 3. The average molecular weight is 582 g/mol. The number of hydrogen-bond donors (Lipinski definition) is 2. The van der Waals surface area contributed by atoms with E-state index in [9.17, 15) is 14.4 Å². The first-order valence-electron chi connectivity index (χ1n) is 14.4. The van der Waals surface area contributed by atoms with Gasteiger partial charge in [0.25, 0.3) is 5.91 Å². The van der Waals surface area contributed by atoms with Crippen LogP contribution < -0.4 is 10.6 Å². The summed E-state index contributed by atoms with van der Waals surface area (Å²) in [4.78, 5) is 42.9. The molecule has 0 fully saturated rings. The van der Waals surface area contributed by atoms with E-state index in [1.54, 1.807) is 43.5 Å². The third-order valence-electron chi connectivity index (χ3n) is 6.56. The molecule has 224 valence electrons. The Kier molecular flexibility index (Phi) is 14.0. The summed E-state index contributed by atoms with van der Waals surface area (Å²) in [6, 6.07) is 13.3. The van der Waals surface area contributed by atoms with Crippen LogP contribution in [0.15, 0.2) is 55.1 Å². The Morgan fingerprint density at radius 2 is 1.80 bits per heavy atom. The topological polar surface area (TPSA) is 87.7 Å². The summed E-state index contributed by atoms with van der Waals surface area (Å²) in [5.74, 6) is 0.0302. The van der Waals surface area contributed by atoms with Crippen LogP contribution >= 0.6 is 11.8 Å². The third kappa shape index (κ3) is 11.3. The van der Waals surface area contributed by atoms with Crippen LogP contribution in [0.4, 0.5) is 10.5 Å². The molecular weight excluding hydrogens is 534 g/mol. The van der Waals surface area contributed by atoms with E-state index in [2.05, 4.69) is 24.1 Å². The number of anilines is 1. The van der Waals surface area contributed by atoms with Gasteiger partial charge >= 0.3 is 6.09 Å². The normalized spacial score (nSPS) is 12.6. The molecule has 0 heterocycles. The number of carbonyl (C=O) groups is 3.